The van der Waals surface area contributed by atoms with Gasteiger partial charge in [0.05, 0.1) is 5.48 Å². The van der Waals surface area contributed by atoms with Gasteiger partial charge in [-0.05, 0) is 89.8 Å². The molecule has 1 heterocycles. The van der Waals surface area contributed by atoms with Crippen LogP contribution in [0.4, 0.5) is 0 Å². The van der Waals surface area contributed by atoms with Gasteiger partial charge in [-0.3, -0.25) is 0 Å². The molecular weight excluding hydrogens is 496 g/mol. The van der Waals surface area contributed by atoms with E-state index in [2.05, 4.69) is 60.7 Å². The molecule has 0 bridgehead atoms. The van der Waals surface area contributed by atoms with Gasteiger partial charge < -0.3 is 4.74 Å². The minimum absolute atomic E-state index is 0.135. The van der Waals surface area contributed by atoms with Crippen molar-refractivity contribution >= 4 is 43.1 Å². The molecule has 190 valence electrons. The van der Waals surface area contributed by atoms with Crippen molar-refractivity contribution in [3.8, 4) is 44.9 Å². The first-order chi connectivity index (χ1) is 22.0. The summed E-state index contributed by atoms with van der Waals surface area (Å²) in [5.41, 5.74) is 5.83. The van der Waals surface area contributed by atoms with E-state index in [4.69, 9.17) is 10.2 Å². The summed E-state index contributed by atoms with van der Waals surface area (Å²) >= 11 is 0. The van der Waals surface area contributed by atoms with Crippen LogP contribution in [0.1, 0.15) is 5.48 Å². The number of fused-ring (bicyclic) bond motifs is 5. The molecule has 41 heavy (non-hydrogen) atoms. The van der Waals surface area contributed by atoms with Gasteiger partial charge in [-0.2, -0.15) is 0 Å². The molecule has 9 rings (SSSR count). The number of ether oxygens (including phenoxy) is 1. The van der Waals surface area contributed by atoms with Crippen molar-refractivity contribution in [2.24, 2.45) is 0 Å². The highest BCUT2D eigenvalue weighted by Crippen LogP contribution is 2.51. The maximum Gasteiger partial charge on any atom is 0.135 e. The van der Waals surface area contributed by atoms with E-state index in [-0.39, 0.29) is 24.2 Å². The molecule has 1 aliphatic heterocycles. The van der Waals surface area contributed by atoms with Gasteiger partial charge >= 0.3 is 0 Å². The average Bonchev–Trinajstić information content (AvgIpc) is 3.06. The van der Waals surface area contributed by atoms with Crippen molar-refractivity contribution < 1.29 is 10.2 Å². The zero-order chi connectivity index (χ0) is 30.4. The fourth-order valence-corrected chi connectivity index (χ4v) is 6.63. The van der Waals surface area contributed by atoms with E-state index in [0.717, 1.165) is 88.0 Å². The predicted octanol–water partition coefficient (Wildman–Crippen LogP) is 11.4. The van der Waals surface area contributed by atoms with Crippen molar-refractivity contribution in [2.75, 3.05) is 0 Å². The second kappa shape index (κ2) is 8.55. The standard InChI is InChI=1S/C40H24O/c1-2-11-26-24-27(21-20-25(26)10-1)38-30-13-3-5-15-32(30)39(33-16-6-4-14-31(33)38)35-22-23-37-40-29(17-9-18-34(35)40)28-12-7-8-19-36(28)41-37/h1-24H/i3D,4D,5D,6D. The SMILES string of the molecule is [2H]c1cc2c(-c3ccc4ccccc4c3)c3cc([2H])c([2H])cc3c(-c3ccc4c5c(cccc35)-c3ccccc3O4)c2cc1[2H]. The summed E-state index contributed by atoms with van der Waals surface area (Å²) in [6.07, 6.45) is 0. The van der Waals surface area contributed by atoms with Crippen LogP contribution < -0.4 is 4.74 Å². The molecular formula is C40H24O. The number of hydrogen-bond donors (Lipinski definition) is 0. The van der Waals surface area contributed by atoms with Gasteiger partial charge in [-0.25, -0.2) is 0 Å². The van der Waals surface area contributed by atoms with Gasteiger partial charge in [0.1, 0.15) is 11.5 Å². The van der Waals surface area contributed by atoms with Gasteiger partial charge in [0.25, 0.3) is 0 Å². The second-order valence-corrected chi connectivity index (χ2v) is 10.6. The molecule has 0 atom stereocenters. The van der Waals surface area contributed by atoms with Gasteiger partial charge in [-0.1, -0.05) is 121 Å². The molecule has 0 N–H and O–H groups in total. The number of hydrogen-bond acceptors (Lipinski definition) is 1. The number of para-hydroxylation sites is 1. The molecule has 1 aliphatic rings. The lowest BCUT2D eigenvalue weighted by atomic mass is 9.83. The first-order valence-corrected chi connectivity index (χ1v) is 13.8. The molecule has 0 aliphatic carbocycles. The fourth-order valence-electron chi connectivity index (χ4n) is 6.63. The van der Waals surface area contributed by atoms with Crippen molar-refractivity contribution in [2.45, 2.75) is 0 Å². The number of benzene rings is 8. The van der Waals surface area contributed by atoms with E-state index in [1.165, 1.54) is 0 Å². The Hall–Kier alpha value is -5.40. The van der Waals surface area contributed by atoms with Crippen LogP contribution in [-0.2, 0) is 0 Å². The van der Waals surface area contributed by atoms with Crippen LogP contribution >= 0.6 is 0 Å². The van der Waals surface area contributed by atoms with E-state index in [9.17, 15) is 0 Å². The summed E-state index contributed by atoms with van der Waals surface area (Å²) in [7, 11) is 0. The van der Waals surface area contributed by atoms with Crippen LogP contribution in [0.3, 0.4) is 0 Å². The third-order valence-electron chi connectivity index (χ3n) is 8.40. The van der Waals surface area contributed by atoms with Crippen LogP contribution in [0.5, 0.6) is 11.5 Å². The molecule has 1 heteroatoms. The molecule has 1 nitrogen and oxygen atoms in total. The average molecular weight is 525 g/mol. The van der Waals surface area contributed by atoms with E-state index >= 15 is 0 Å². The number of rotatable bonds is 2. The monoisotopic (exact) mass is 524 g/mol. The Kier molecular flexibility index (Phi) is 3.92. The van der Waals surface area contributed by atoms with E-state index in [1.807, 2.05) is 36.4 Å². The quantitative estimate of drug-likeness (QED) is 0.204. The van der Waals surface area contributed by atoms with Crippen molar-refractivity contribution in [3.63, 3.8) is 0 Å². The van der Waals surface area contributed by atoms with Crippen LogP contribution in [0.25, 0.3) is 76.5 Å². The van der Waals surface area contributed by atoms with Crippen molar-refractivity contribution in [3.05, 3.63) is 145 Å². The summed E-state index contributed by atoms with van der Waals surface area (Å²) < 4.78 is 41.1. The Labute approximate surface area is 243 Å². The summed E-state index contributed by atoms with van der Waals surface area (Å²) in [5.74, 6) is 1.61. The predicted molar refractivity (Wildman–Crippen MR) is 173 cm³/mol. The Bertz CT molecular complexity index is 2500. The van der Waals surface area contributed by atoms with Gasteiger partial charge in [0.15, 0.2) is 0 Å². The van der Waals surface area contributed by atoms with Gasteiger partial charge in [-0.15, -0.1) is 0 Å². The van der Waals surface area contributed by atoms with Crippen LogP contribution in [0.15, 0.2) is 145 Å². The first kappa shape index (κ1) is 18.8. The minimum atomic E-state index is 0.135. The third kappa shape index (κ3) is 3.24. The maximum absolute atomic E-state index is 8.70. The summed E-state index contributed by atoms with van der Waals surface area (Å²) in [5, 5.41) is 7.59. The molecule has 0 fully saturated rings. The lowest BCUT2D eigenvalue weighted by molar-refractivity contribution is 0.487. The largest absolute Gasteiger partial charge is 0.456 e. The van der Waals surface area contributed by atoms with E-state index in [0.29, 0.717) is 0 Å². The Morgan fingerprint density at radius 1 is 0.415 bits per heavy atom. The summed E-state index contributed by atoms with van der Waals surface area (Å²) in [4.78, 5) is 0. The zero-order valence-electron chi connectivity index (χ0n) is 26.0. The Morgan fingerprint density at radius 2 is 1.07 bits per heavy atom. The lowest BCUT2D eigenvalue weighted by Gasteiger charge is -2.24. The third-order valence-corrected chi connectivity index (χ3v) is 8.40. The highest BCUT2D eigenvalue weighted by molar-refractivity contribution is 6.24. The minimum Gasteiger partial charge on any atom is -0.456 e. The van der Waals surface area contributed by atoms with Crippen molar-refractivity contribution in [1.82, 2.24) is 0 Å². The second-order valence-electron chi connectivity index (χ2n) is 10.6. The van der Waals surface area contributed by atoms with Crippen LogP contribution in [-0.4, -0.2) is 0 Å². The smallest absolute Gasteiger partial charge is 0.135 e. The highest BCUT2D eigenvalue weighted by atomic mass is 16.5. The molecule has 0 radical (unpaired) electrons. The molecule has 0 saturated heterocycles. The molecule has 0 spiro atoms. The molecule has 0 aromatic heterocycles. The zero-order valence-corrected chi connectivity index (χ0v) is 22.0. The Morgan fingerprint density at radius 3 is 1.85 bits per heavy atom. The lowest BCUT2D eigenvalue weighted by Crippen LogP contribution is -1.98. The maximum atomic E-state index is 8.70. The summed E-state index contributed by atoms with van der Waals surface area (Å²) in [6, 6.07) is 40.7. The fraction of sp³-hybridized carbons (Fsp3) is 0. The highest BCUT2D eigenvalue weighted by Gasteiger charge is 2.23. The van der Waals surface area contributed by atoms with Gasteiger partial charge in [0.2, 0.25) is 0 Å². The van der Waals surface area contributed by atoms with Crippen molar-refractivity contribution in [1.29, 1.82) is 0 Å². The van der Waals surface area contributed by atoms with Crippen LogP contribution in [0, 0.1) is 0 Å². The van der Waals surface area contributed by atoms with E-state index < -0.39 is 0 Å². The first-order valence-electron chi connectivity index (χ1n) is 15.8. The van der Waals surface area contributed by atoms with E-state index in [1.54, 1.807) is 24.3 Å². The van der Waals surface area contributed by atoms with Crippen LogP contribution in [0.2, 0.25) is 0 Å². The Balaban J connectivity index is 1.46. The normalized spacial score (nSPS) is 13.5. The molecule has 0 amide bonds. The molecule has 8 aromatic carbocycles. The molecule has 0 saturated carbocycles. The van der Waals surface area contributed by atoms with Gasteiger partial charge in [0, 0.05) is 10.9 Å². The summed E-state index contributed by atoms with van der Waals surface area (Å²) in [6.45, 7) is 0. The molecule has 8 aromatic rings. The molecule has 0 unspecified atom stereocenters. The topological polar surface area (TPSA) is 9.23 Å².